The molecule has 1 aromatic rings. The molecular formula is C16H25ClN2O2. The number of hydrogen-bond acceptors (Lipinski definition) is 3. The minimum atomic E-state index is -0.469. The van der Waals surface area contributed by atoms with Gasteiger partial charge in [0, 0.05) is 6.54 Å². The van der Waals surface area contributed by atoms with Crippen molar-refractivity contribution >= 4 is 18.3 Å². The number of carbonyl (C=O) groups excluding carboxylic acids is 1. The van der Waals surface area contributed by atoms with Gasteiger partial charge in [-0.2, -0.15) is 0 Å². The van der Waals surface area contributed by atoms with Crippen LogP contribution in [0.3, 0.4) is 0 Å². The number of rotatable bonds is 5. The monoisotopic (exact) mass is 312 g/mol. The van der Waals surface area contributed by atoms with Crippen LogP contribution in [0.5, 0.6) is 5.75 Å². The Hall–Kier alpha value is -1.26. The van der Waals surface area contributed by atoms with E-state index in [1.807, 2.05) is 24.3 Å². The van der Waals surface area contributed by atoms with Gasteiger partial charge in [0.25, 0.3) is 0 Å². The van der Waals surface area contributed by atoms with E-state index in [9.17, 15) is 4.79 Å². The standard InChI is InChI=1S/C16H24N2O2.ClH/c1-12(17)16(19)18-11-13-7-9-15(10-8-13)20-14-5-3-2-4-6-14;/h7-10,12,14H,2-6,11,17H2,1H3,(H,18,19);1H/t12-;/m1./s1. The summed E-state index contributed by atoms with van der Waals surface area (Å²) in [5, 5.41) is 2.79. The molecule has 1 aromatic carbocycles. The van der Waals surface area contributed by atoms with Gasteiger partial charge in [-0.25, -0.2) is 0 Å². The molecule has 0 saturated heterocycles. The number of nitrogens with one attached hydrogen (secondary N) is 1. The van der Waals surface area contributed by atoms with E-state index in [2.05, 4.69) is 5.32 Å². The second-order valence-corrected chi connectivity index (χ2v) is 5.53. The minimum Gasteiger partial charge on any atom is -0.490 e. The fourth-order valence-corrected chi connectivity index (χ4v) is 2.41. The molecule has 0 unspecified atom stereocenters. The normalized spacial score (nSPS) is 16.7. The Balaban J connectivity index is 0.00000220. The van der Waals surface area contributed by atoms with Crippen LogP contribution in [0.1, 0.15) is 44.6 Å². The van der Waals surface area contributed by atoms with E-state index in [0.29, 0.717) is 12.6 Å². The lowest BCUT2D eigenvalue weighted by molar-refractivity contribution is -0.122. The largest absolute Gasteiger partial charge is 0.490 e. The Bertz CT molecular complexity index is 428. The SMILES string of the molecule is C[C@@H](N)C(=O)NCc1ccc(OC2CCCCC2)cc1.Cl. The van der Waals surface area contributed by atoms with Gasteiger partial charge in [0.05, 0.1) is 12.1 Å². The summed E-state index contributed by atoms with van der Waals surface area (Å²) in [4.78, 5) is 11.4. The third-order valence-electron chi connectivity index (χ3n) is 3.66. The molecule has 3 N–H and O–H groups in total. The van der Waals surface area contributed by atoms with Crippen LogP contribution in [-0.2, 0) is 11.3 Å². The van der Waals surface area contributed by atoms with Gasteiger partial charge in [0.1, 0.15) is 5.75 Å². The van der Waals surface area contributed by atoms with Gasteiger partial charge in [-0.3, -0.25) is 4.79 Å². The van der Waals surface area contributed by atoms with E-state index in [1.54, 1.807) is 6.92 Å². The molecule has 0 heterocycles. The molecule has 0 radical (unpaired) electrons. The van der Waals surface area contributed by atoms with Crippen molar-refractivity contribution in [3.63, 3.8) is 0 Å². The molecule has 2 rings (SSSR count). The number of ether oxygens (including phenoxy) is 1. The van der Waals surface area contributed by atoms with Crippen LogP contribution in [0, 0.1) is 0 Å². The van der Waals surface area contributed by atoms with Crippen LogP contribution in [0.15, 0.2) is 24.3 Å². The summed E-state index contributed by atoms with van der Waals surface area (Å²) in [5.74, 6) is 0.784. The van der Waals surface area contributed by atoms with Crippen molar-refractivity contribution in [1.29, 1.82) is 0 Å². The average Bonchev–Trinajstić information content (AvgIpc) is 2.47. The molecule has 1 fully saturated rings. The molecule has 0 aliphatic heterocycles. The summed E-state index contributed by atoms with van der Waals surface area (Å²) >= 11 is 0. The van der Waals surface area contributed by atoms with Gasteiger partial charge in [-0.05, 0) is 50.3 Å². The molecule has 118 valence electrons. The number of hydrogen-bond donors (Lipinski definition) is 2. The van der Waals surface area contributed by atoms with Gasteiger partial charge < -0.3 is 15.8 Å². The van der Waals surface area contributed by atoms with E-state index in [0.717, 1.165) is 24.2 Å². The average molecular weight is 313 g/mol. The number of halogens is 1. The predicted molar refractivity (Wildman–Crippen MR) is 86.7 cm³/mol. The van der Waals surface area contributed by atoms with E-state index in [4.69, 9.17) is 10.5 Å². The fraction of sp³-hybridized carbons (Fsp3) is 0.562. The Morgan fingerprint density at radius 2 is 1.90 bits per heavy atom. The molecule has 1 aliphatic rings. The summed E-state index contributed by atoms with van der Waals surface area (Å²) in [7, 11) is 0. The van der Waals surface area contributed by atoms with Crippen LogP contribution >= 0.6 is 12.4 Å². The fourth-order valence-electron chi connectivity index (χ4n) is 2.41. The van der Waals surface area contributed by atoms with Gasteiger partial charge >= 0.3 is 0 Å². The molecule has 1 aliphatic carbocycles. The number of nitrogens with two attached hydrogens (primary N) is 1. The first kappa shape index (κ1) is 17.8. The maximum Gasteiger partial charge on any atom is 0.236 e. The smallest absolute Gasteiger partial charge is 0.236 e. The maximum absolute atomic E-state index is 11.4. The molecule has 1 saturated carbocycles. The van der Waals surface area contributed by atoms with Crippen molar-refractivity contribution in [3.05, 3.63) is 29.8 Å². The van der Waals surface area contributed by atoms with Crippen molar-refractivity contribution in [2.24, 2.45) is 5.73 Å². The van der Waals surface area contributed by atoms with Crippen LogP contribution in [-0.4, -0.2) is 18.1 Å². The maximum atomic E-state index is 11.4. The molecule has 0 bridgehead atoms. The zero-order chi connectivity index (χ0) is 14.4. The zero-order valence-corrected chi connectivity index (χ0v) is 13.3. The molecule has 5 heteroatoms. The highest BCUT2D eigenvalue weighted by Crippen LogP contribution is 2.23. The molecule has 1 atom stereocenters. The van der Waals surface area contributed by atoms with E-state index < -0.39 is 6.04 Å². The van der Waals surface area contributed by atoms with Gasteiger partial charge in [-0.1, -0.05) is 18.6 Å². The molecule has 4 nitrogen and oxygen atoms in total. The first-order valence-electron chi connectivity index (χ1n) is 7.44. The van der Waals surface area contributed by atoms with Crippen LogP contribution in [0.2, 0.25) is 0 Å². The van der Waals surface area contributed by atoms with Gasteiger partial charge in [-0.15, -0.1) is 12.4 Å². The molecular weight excluding hydrogens is 288 g/mol. The second-order valence-electron chi connectivity index (χ2n) is 5.53. The lowest BCUT2D eigenvalue weighted by atomic mass is 9.98. The summed E-state index contributed by atoms with van der Waals surface area (Å²) in [6.45, 7) is 2.18. The van der Waals surface area contributed by atoms with Crippen LogP contribution in [0.25, 0.3) is 0 Å². The van der Waals surface area contributed by atoms with Crippen molar-refractivity contribution < 1.29 is 9.53 Å². The highest BCUT2D eigenvalue weighted by Gasteiger charge is 2.14. The van der Waals surface area contributed by atoms with E-state index >= 15 is 0 Å². The Morgan fingerprint density at radius 3 is 2.48 bits per heavy atom. The van der Waals surface area contributed by atoms with Gasteiger partial charge in [0.15, 0.2) is 0 Å². The van der Waals surface area contributed by atoms with Crippen LogP contribution in [0.4, 0.5) is 0 Å². The molecule has 0 aromatic heterocycles. The minimum absolute atomic E-state index is 0. The summed E-state index contributed by atoms with van der Waals surface area (Å²) in [5.41, 5.74) is 6.55. The zero-order valence-electron chi connectivity index (χ0n) is 12.5. The van der Waals surface area contributed by atoms with Gasteiger partial charge in [0.2, 0.25) is 5.91 Å². The van der Waals surface area contributed by atoms with Crippen molar-refractivity contribution in [2.75, 3.05) is 0 Å². The quantitative estimate of drug-likeness (QED) is 0.878. The van der Waals surface area contributed by atoms with Crippen molar-refractivity contribution in [2.45, 2.75) is 57.7 Å². The van der Waals surface area contributed by atoms with Crippen molar-refractivity contribution in [1.82, 2.24) is 5.32 Å². The summed E-state index contributed by atoms with van der Waals surface area (Å²) in [6.07, 6.45) is 6.56. The Kier molecular flexibility index (Phi) is 7.54. The van der Waals surface area contributed by atoms with Crippen LogP contribution < -0.4 is 15.8 Å². The third-order valence-corrected chi connectivity index (χ3v) is 3.66. The lowest BCUT2D eigenvalue weighted by Gasteiger charge is -2.23. The number of benzene rings is 1. The second kappa shape index (κ2) is 8.90. The molecule has 1 amide bonds. The topological polar surface area (TPSA) is 64.4 Å². The first-order chi connectivity index (χ1) is 9.65. The van der Waals surface area contributed by atoms with Crippen molar-refractivity contribution in [3.8, 4) is 5.75 Å². The molecule has 0 spiro atoms. The molecule has 21 heavy (non-hydrogen) atoms. The predicted octanol–water partition coefficient (Wildman–Crippen LogP) is 2.78. The summed E-state index contributed by atoms with van der Waals surface area (Å²) in [6, 6.07) is 7.45. The Morgan fingerprint density at radius 1 is 1.29 bits per heavy atom. The number of carbonyl (C=O) groups is 1. The first-order valence-corrected chi connectivity index (χ1v) is 7.44. The van der Waals surface area contributed by atoms with E-state index in [-0.39, 0.29) is 18.3 Å². The lowest BCUT2D eigenvalue weighted by Crippen LogP contribution is -2.37. The van der Waals surface area contributed by atoms with E-state index in [1.165, 1.54) is 19.3 Å². The third kappa shape index (κ3) is 5.94. The highest BCUT2D eigenvalue weighted by atomic mass is 35.5. The summed E-state index contributed by atoms with van der Waals surface area (Å²) < 4.78 is 5.97. The number of amides is 1. The highest BCUT2D eigenvalue weighted by molar-refractivity contribution is 5.85. The Labute approximate surface area is 132 Å².